The zero-order chi connectivity index (χ0) is 7.44. The highest BCUT2D eigenvalue weighted by Crippen LogP contribution is 1.89. The van der Waals surface area contributed by atoms with Crippen molar-refractivity contribution in [3.05, 3.63) is 0 Å². The SMILES string of the molecule is Cl.NC(CB(O)O)C(=O)O. The van der Waals surface area contributed by atoms with E-state index < -0.39 is 19.1 Å². The zero-order valence-corrected chi connectivity index (χ0v) is 5.91. The molecule has 5 N–H and O–H groups in total. The van der Waals surface area contributed by atoms with Gasteiger partial charge in [-0.25, -0.2) is 0 Å². The van der Waals surface area contributed by atoms with Crippen LogP contribution in [0.4, 0.5) is 0 Å². The minimum atomic E-state index is -1.64. The Balaban J connectivity index is 0. The standard InChI is InChI=1S/C3H8BNO4.ClH/c5-2(3(6)7)1-4(8)9;/h2,8-9H,1,5H2,(H,6,7);1H. The Bertz CT molecular complexity index is 111. The number of aliphatic carboxylic acids is 1. The van der Waals surface area contributed by atoms with Crippen LogP contribution in [0.3, 0.4) is 0 Å². The van der Waals surface area contributed by atoms with E-state index in [9.17, 15) is 4.79 Å². The lowest BCUT2D eigenvalue weighted by atomic mass is 9.82. The van der Waals surface area contributed by atoms with Crippen LogP contribution >= 0.6 is 12.4 Å². The van der Waals surface area contributed by atoms with Crippen LogP contribution in [0.5, 0.6) is 0 Å². The molecule has 0 aromatic rings. The summed E-state index contributed by atoms with van der Waals surface area (Å²) in [6.07, 6.45) is -0.338. The van der Waals surface area contributed by atoms with Crippen LogP contribution in [0.2, 0.25) is 6.32 Å². The first-order valence-corrected chi connectivity index (χ1v) is 2.38. The molecule has 0 saturated heterocycles. The van der Waals surface area contributed by atoms with E-state index in [4.69, 9.17) is 20.9 Å². The first-order valence-electron chi connectivity index (χ1n) is 2.38. The second-order valence-corrected chi connectivity index (χ2v) is 1.66. The Labute approximate surface area is 64.4 Å². The fraction of sp³-hybridized carbons (Fsp3) is 0.667. The molecule has 0 radical (unpaired) electrons. The molecule has 0 fully saturated rings. The average molecular weight is 169 g/mol. The van der Waals surface area contributed by atoms with Gasteiger partial charge in [-0.1, -0.05) is 0 Å². The monoisotopic (exact) mass is 169 g/mol. The molecule has 10 heavy (non-hydrogen) atoms. The van der Waals surface area contributed by atoms with Crippen molar-refractivity contribution in [2.75, 3.05) is 0 Å². The maximum atomic E-state index is 9.89. The number of hydrogen-bond donors (Lipinski definition) is 4. The van der Waals surface area contributed by atoms with Gasteiger partial charge in [0, 0.05) is 6.32 Å². The minimum Gasteiger partial charge on any atom is -0.480 e. The first kappa shape index (κ1) is 12.4. The van der Waals surface area contributed by atoms with Gasteiger partial charge in [-0.3, -0.25) is 4.79 Å². The van der Waals surface area contributed by atoms with E-state index in [1.54, 1.807) is 0 Å². The summed E-state index contributed by atoms with van der Waals surface area (Å²) in [4.78, 5) is 9.89. The Morgan fingerprint density at radius 1 is 1.60 bits per heavy atom. The maximum absolute atomic E-state index is 9.89. The number of nitrogens with two attached hydrogens (primary N) is 1. The summed E-state index contributed by atoms with van der Waals surface area (Å²) in [6.45, 7) is 0. The fourth-order valence-electron chi connectivity index (χ4n) is 0.328. The summed E-state index contributed by atoms with van der Waals surface area (Å²) >= 11 is 0. The van der Waals surface area contributed by atoms with Crippen LogP contribution in [0, 0.1) is 0 Å². The third-order valence-electron chi connectivity index (χ3n) is 0.782. The van der Waals surface area contributed by atoms with Crippen LogP contribution in [0.25, 0.3) is 0 Å². The molecule has 0 aliphatic heterocycles. The molecule has 0 spiro atoms. The number of halogens is 1. The smallest absolute Gasteiger partial charge is 0.453 e. The van der Waals surface area contributed by atoms with Crippen LogP contribution in [0.1, 0.15) is 0 Å². The largest absolute Gasteiger partial charge is 0.480 e. The third-order valence-corrected chi connectivity index (χ3v) is 0.782. The van der Waals surface area contributed by atoms with Crippen LogP contribution in [-0.2, 0) is 4.79 Å². The van der Waals surface area contributed by atoms with Crippen LogP contribution in [-0.4, -0.2) is 34.3 Å². The topological polar surface area (TPSA) is 104 Å². The molecule has 0 saturated carbocycles. The summed E-state index contributed by atoms with van der Waals surface area (Å²) in [5.74, 6) is -1.23. The van der Waals surface area contributed by atoms with Gasteiger partial charge in [-0.15, -0.1) is 12.4 Å². The van der Waals surface area contributed by atoms with Gasteiger partial charge in [0.1, 0.15) is 6.04 Å². The highest BCUT2D eigenvalue weighted by molar-refractivity contribution is 6.41. The molecule has 7 heteroatoms. The molecule has 0 heterocycles. The Kier molecular flexibility index (Phi) is 6.80. The third kappa shape index (κ3) is 5.83. The molecule has 0 aliphatic rings. The molecule has 5 nitrogen and oxygen atoms in total. The van der Waals surface area contributed by atoms with E-state index in [0.29, 0.717) is 0 Å². The fourth-order valence-corrected chi connectivity index (χ4v) is 0.328. The molecule has 1 atom stereocenters. The molecular formula is C3H9BClNO4. The second kappa shape index (κ2) is 5.49. The summed E-state index contributed by atoms with van der Waals surface area (Å²) < 4.78 is 0. The predicted molar refractivity (Wildman–Crippen MR) is 37.9 cm³/mol. The quantitative estimate of drug-likeness (QED) is 0.377. The van der Waals surface area contributed by atoms with Crippen molar-refractivity contribution in [2.45, 2.75) is 12.4 Å². The average Bonchev–Trinajstić information content (AvgIpc) is 1.63. The lowest BCUT2D eigenvalue weighted by Gasteiger charge is -2.02. The predicted octanol–water partition coefficient (Wildman–Crippen LogP) is -1.71. The van der Waals surface area contributed by atoms with Gasteiger partial charge in [0.05, 0.1) is 0 Å². The summed E-state index contributed by atoms with van der Waals surface area (Å²) in [5, 5.41) is 24.5. The molecule has 0 aromatic heterocycles. The minimum absolute atomic E-state index is 0. The number of carboxylic acids is 1. The van der Waals surface area contributed by atoms with Crippen molar-refractivity contribution in [1.29, 1.82) is 0 Å². The Morgan fingerprint density at radius 2 is 2.00 bits per heavy atom. The van der Waals surface area contributed by atoms with Crippen molar-refractivity contribution < 1.29 is 19.9 Å². The summed E-state index contributed by atoms with van der Waals surface area (Å²) in [5.41, 5.74) is 4.90. The number of hydrogen-bond acceptors (Lipinski definition) is 4. The van der Waals surface area contributed by atoms with E-state index >= 15 is 0 Å². The van der Waals surface area contributed by atoms with E-state index in [0.717, 1.165) is 0 Å². The zero-order valence-electron chi connectivity index (χ0n) is 5.10. The maximum Gasteiger partial charge on any atom is 0.453 e. The van der Waals surface area contributed by atoms with Crippen molar-refractivity contribution >= 4 is 25.5 Å². The Hall–Kier alpha value is -0.295. The highest BCUT2D eigenvalue weighted by atomic mass is 35.5. The molecule has 0 aromatic carbocycles. The summed E-state index contributed by atoms with van der Waals surface area (Å²) in [7, 11) is -1.64. The van der Waals surface area contributed by atoms with E-state index in [1.807, 2.05) is 0 Å². The van der Waals surface area contributed by atoms with Gasteiger partial charge in [0.25, 0.3) is 0 Å². The summed E-state index contributed by atoms with van der Waals surface area (Å²) in [6, 6.07) is -1.19. The number of rotatable bonds is 3. The van der Waals surface area contributed by atoms with Gasteiger partial charge in [0.15, 0.2) is 0 Å². The van der Waals surface area contributed by atoms with E-state index in [1.165, 1.54) is 0 Å². The molecule has 0 aliphatic carbocycles. The normalized spacial score (nSPS) is 11.5. The van der Waals surface area contributed by atoms with Crippen molar-refractivity contribution in [1.82, 2.24) is 0 Å². The van der Waals surface area contributed by atoms with Gasteiger partial charge in [-0.05, 0) is 0 Å². The van der Waals surface area contributed by atoms with Crippen molar-refractivity contribution in [2.24, 2.45) is 5.73 Å². The van der Waals surface area contributed by atoms with Gasteiger partial charge in [-0.2, -0.15) is 0 Å². The second-order valence-electron chi connectivity index (χ2n) is 1.66. The van der Waals surface area contributed by atoms with Gasteiger partial charge in [0.2, 0.25) is 0 Å². The lowest BCUT2D eigenvalue weighted by molar-refractivity contribution is -0.138. The molecule has 60 valence electrons. The molecule has 0 rings (SSSR count). The molecule has 1 unspecified atom stereocenters. The molecular weight excluding hydrogens is 160 g/mol. The molecule has 0 amide bonds. The Morgan fingerprint density at radius 3 is 2.10 bits per heavy atom. The van der Waals surface area contributed by atoms with Crippen molar-refractivity contribution in [3.8, 4) is 0 Å². The number of carbonyl (C=O) groups is 1. The lowest BCUT2D eigenvalue weighted by Crippen LogP contribution is -2.34. The van der Waals surface area contributed by atoms with Gasteiger partial charge >= 0.3 is 13.1 Å². The van der Waals surface area contributed by atoms with Crippen LogP contribution < -0.4 is 5.73 Å². The van der Waals surface area contributed by atoms with Crippen LogP contribution in [0.15, 0.2) is 0 Å². The van der Waals surface area contributed by atoms with Crippen molar-refractivity contribution in [3.63, 3.8) is 0 Å². The molecule has 0 bridgehead atoms. The first-order chi connectivity index (χ1) is 4.04. The van der Waals surface area contributed by atoms with E-state index in [-0.39, 0.29) is 18.7 Å². The number of carboxylic acid groups (broad SMARTS) is 1. The highest BCUT2D eigenvalue weighted by Gasteiger charge is 2.18. The van der Waals surface area contributed by atoms with Gasteiger partial charge < -0.3 is 20.9 Å². The van der Waals surface area contributed by atoms with E-state index in [2.05, 4.69) is 0 Å².